The van der Waals surface area contributed by atoms with E-state index in [2.05, 4.69) is 39.9 Å². The molecule has 1 aromatic rings. The van der Waals surface area contributed by atoms with Crippen LogP contribution in [0.4, 0.5) is 0 Å². The third kappa shape index (κ3) is 2.04. The Balaban J connectivity index is 2.35. The Bertz CT molecular complexity index is 359. The molecule has 0 spiro atoms. The third-order valence-corrected chi connectivity index (χ3v) is 4.42. The molecule has 0 aliphatic heterocycles. The number of halogens is 1. The fourth-order valence-electron chi connectivity index (χ4n) is 2.40. The van der Waals surface area contributed by atoms with Gasteiger partial charge in [-0.05, 0) is 43.4 Å². The van der Waals surface area contributed by atoms with Gasteiger partial charge in [0, 0.05) is 9.89 Å². The summed E-state index contributed by atoms with van der Waals surface area (Å²) in [5.74, 6) is 0.621. The van der Waals surface area contributed by atoms with E-state index in [0.29, 0.717) is 5.92 Å². The van der Waals surface area contributed by atoms with Gasteiger partial charge in [-0.1, -0.05) is 35.0 Å². The van der Waals surface area contributed by atoms with E-state index in [0.717, 1.165) is 4.47 Å². The largest absolute Gasteiger partial charge is 0.252 e. The summed E-state index contributed by atoms with van der Waals surface area (Å²) in [5.41, 5.74) is 1.15. The number of hydrogen-bond acceptors (Lipinski definition) is 2. The first-order valence-corrected chi connectivity index (χ1v) is 6.44. The topological polar surface area (TPSA) is 29.5 Å². The molecule has 2 nitrogen and oxygen atoms in total. The molecular weight excluding hydrogens is 268 g/mol. The van der Waals surface area contributed by atoms with Crippen LogP contribution in [0.2, 0.25) is 0 Å². The quantitative estimate of drug-likeness (QED) is 0.669. The Morgan fingerprint density at radius 3 is 2.38 bits per heavy atom. The maximum atomic E-state index is 8.95. The van der Waals surface area contributed by atoms with E-state index in [9.17, 15) is 0 Å². The number of rotatable bonds is 4. The van der Waals surface area contributed by atoms with E-state index >= 15 is 0 Å². The summed E-state index contributed by atoms with van der Waals surface area (Å²) in [7, 11) is 0. The molecule has 1 fully saturated rings. The van der Waals surface area contributed by atoms with E-state index in [4.69, 9.17) is 5.26 Å². The highest BCUT2D eigenvalue weighted by Gasteiger charge is 2.47. The van der Waals surface area contributed by atoms with Crippen LogP contribution in [0, 0.1) is 5.92 Å². The van der Waals surface area contributed by atoms with Gasteiger partial charge < -0.3 is 0 Å². The molecule has 1 aromatic carbocycles. The SMILES string of the molecule is CC(OO)C(C)(c1ccc(Br)cc1)C1CC1. The van der Waals surface area contributed by atoms with Gasteiger partial charge in [0.25, 0.3) is 0 Å². The molecule has 2 rings (SSSR count). The summed E-state index contributed by atoms with van der Waals surface area (Å²) in [6.45, 7) is 4.11. The summed E-state index contributed by atoms with van der Waals surface area (Å²) in [4.78, 5) is 4.59. The van der Waals surface area contributed by atoms with E-state index in [1.807, 2.05) is 19.1 Å². The lowest BCUT2D eigenvalue weighted by atomic mass is 9.74. The fraction of sp³-hybridized carbons (Fsp3) is 0.538. The van der Waals surface area contributed by atoms with Crippen LogP contribution >= 0.6 is 15.9 Å². The van der Waals surface area contributed by atoms with Crippen LogP contribution < -0.4 is 0 Å². The molecule has 1 aliphatic carbocycles. The Hall–Kier alpha value is -0.380. The van der Waals surface area contributed by atoms with Gasteiger partial charge in [0.1, 0.15) is 0 Å². The summed E-state index contributed by atoms with van der Waals surface area (Å²) in [5, 5.41) is 8.95. The van der Waals surface area contributed by atoms with Gasteiger partial charge in [-0.25, -0.2) is 4.89 Å². The van der Waals surface area contributed by atoms with E-state index in [1.165, 1.54) is 18.4 Å². The zero-order valence-electron chi connectivity index (χ0n) is 9.61. The highest BCUT2D eigenvalue weighted by molar-refractivity contribution is 9.10. The van der Waals surface area contributed by atoms with Gasteiger partial charge in [-0.3, -0.25) is 5.26 Å². The molecular formula is C13H17BrO2. The minimum Gasteiger partial charge on any atom is -0.252 e. The van der Waals surface area contributed by atoms with Crippen molar-refractivity contribution in [2.75, 3.05) is 0 Å². The molecule has 0 radical (unpaired) electrons. The number of benzene rings is 1. The van der Waals surface area contributed by atoms with Crippen LogP contribution in [-0.4, -0.2) is 11.4 Å². The highest BCUT2D eigenvalue weighted by Crippen LogP contribution is 2.50. The molecule has 2 unspecified atom stereocenters. The molecule has 0 bridgehead atoms. The average molecular weight is 285 g/mol. The first kappa shape index (κ1) is 12.1. The molecule has 1 saturated carbocycles. The molecule has 0 amide bonds. The van der Waals surface area contributed by atoms with E-state index in [-0.39, 0.29) is 11.5 Å². The lowest BCUT2D eigenvalue weighted by Crippen LogP contribution is -2.38. The predicted molar refractivity (Wildman–Crippen MR) is 67.4 cm³/mol. The molecule has 0 heterocycles. The summed E-state index contributed by atoms with van der Waals surface area (Å²) in [6, 6.07) is 8.30. The Kier molecular flexibility index (Phi) is 3.38. The molecule has 88 valence electrons. The van der Waals surface area contributed by atoms with Crippen LogP contribution in [0.5, 0.6) is 0 Å². The van der Waals surface area contributed by atoms with Gasteiger partial charge in [-0.2, -0.15) is 0 Å². The van der Waals surface area contributed by atoms with Crippen molar-refractivity contribution in [3.8, 4) is 0 Å². The summed E-state index contributed by atoms with van der Waals surface area (Å²) in [6.07, 6.45) is 2.27. The molecule has 3 heteroatoms. The number of hydrogen-bond donors (Lipinski definition) is 1. The molecule has 1 aliphatic rings. The zero-order chi connectivity index (χ0) is 11.8. The van der Waals surface area contributed by atoms with Crippen molar-refractivity contribution in [1.82, 2.24) is 0 Å². The molecule has 1 N–H and O–H groups in total. The van der Waals surface area contributed by atoms with Crippen molar-refractivity contribution in [1.29, 1.82) is 0 Å². The van der Waals surface area contributed by atoms with Gasteiger partial charge in [0.2, 0.25) is 0 Å². The summed E-state index contributed by atoms with van der Waals surface area (Å²) < 4.78 is 1.08. The standard InChI is InChI=1S/C13H17BrO2/c1-9(16-15)13(2,10-3-4-10)11-5-7-12(14)8-6-11/h5-10,15H,3-4H2,1-2H3. The smallest absolute Gasteiger partial charge is 0.0995 e. The average Bonchev–Trinajstić information content (AvgIpc) is 3.12. The van der Waals surface area contributed by atoms with Crippen molar-refractivity contribution in [2.24, 2.45) is 5.92 Å². The lowest BCUT2D eigenvalue weighted by molar-refractivity contribution is -0.290. The second kappa shape index (κ2) is 4.47. The van der Waals surface area contributed by atoms with Crippen molar-refractivity contribution in [3.05, 3.63) is 34.3 Å². The maximum absolute atomic E-state index is 8.95. The van der Waals surface area contributed by atoms with Crippen LogP contribution in [0.3, 0.4) is 0 Å². The first-order valence-electron chi connectivity index (χ1n) is 5.65. The molecule has 16 heavy (non-hydrogen) atoms. The van der Waals surface area contributed by atoms with Gasteiger partial charge >= 0.3 is 0 Å². The molecule has 2 atom stereocenters. The molecule has 0 saturated heterocycles. The van der Waals surface area contributed by atoms with Crippen LogP contribution in [0.15, 0.2) is 28.7 Å². The van der Waals surface area contributed by atoms with Crippen LogP contribution in [0.25, 0.3) is 0 Å². The lowest BCUT2D eigenvalue weighted by Gasteiger charge is -2.34. The van der Waals surface area contributed by atoms with Gasteiger partial charge in [-0.15, -0.1) is 0 Å². The Morgan fingerprint density at radius 1 is 1.38 bits per heavy atom. The highest BCUT2D eigenvalue weighted by atomic mass is 79.9. The summed E-state index contributed by atoms with van der Waals surface area (Å²) >= 11 is 3.44. The minimum absolute atomic E-state index is 0.0878. The normalized spacial score (nSPS) is 21.5. The third-order valence-electron chi connectivity index (χ3n) is 3.89. The molecule has 0 aromatic heterocycles. The second-order valence-corrected chi connectivity index (χ2v) is 5.73. The van der Waals surface area contributed by atoms with Crippen molar-refractivity contribution in [3.63, 3.8) is 0 Å². The van der Waals surface area contributed by atoms with E-state index < -0.39 is 0 Å². The van der Waals surface area contributed by atoms with Gasteiger partial charge in [0.15, 0.2) is 0 Å². The van der Waals surface area contributed by atoms with Crippen LogP contribution in [-0.2, 0) is 10.3 Å². The zero-order valence-corrected chi connectivity index (χ0v) is 11.2. The van der Waals surface area contributed by atoms with Crippen molar-refractivity contribution < 1.29 is 10.1 Å². The minimum atomic E-state index is -0.179. The Labute approximate surface area is 105 Å². The van der Waals surface area contributed by atoms with Gasteiger partial charge in [0.05, 0.1) is 6.10 Å². The predicted octanol–water partition coefficient (Wildman–Crippen LogP) is 3.99. The first-order chi connectivity index (χ1) is 7.59. The monoisotopic (exact) mass is 284 g/mol. The van der Waals surface area contributed by atoms with Crippen LogP contribution in [0.1, 0.15) is 32.3 Å². The van der Waals surface area contributed by atoms with Crippen molar-refractivity contribution >= 4 is 15.9 Å². The van der Waals surface area contributed by atoms with Crippen molar-refractivity contribution in [2.45, 2.75) is 38.2 Å². The van der Waals surface area contributed by atoms with E-state index in [1.54, 1.807) is 0 Å². The second-order valence-electron chi connectivity index (χ2n) is 4.81. The maximum Gasteiger partial charge on any atom is 0.0995 e. The fourth-order valence-corrected chi connectivity index (χ4v) is 2.67. The Morgan fingerprint density at radius 2 is 1.94 bits per heavy atom.